The van der Waals surface area contributed by atoms with E-state index >= 15 is 0 Å². The summed E-state index contributed by atoms with van der Waals surface area (Å²) in [5.74, 6) is 0.264. The fourth-order valence-corrected chi connectivity index (χ4v) is 5.32. The van der Waals surface area contributed by atoms with Crippen LogP contribution in [0.15, 0.2) is 47.4 Å². The number of sulfone groups is 1. The van der Waals surface area contributed by atoms with E-state index in [4.69, 9.17) is 21.1 Å². The summed E-state index contributed by atoms with van der Waals surface area (Å²) >= 11 is 5.82. The molecule has 0 aromatic heterocycles. The lowest BCUT2D eigenvalue weighted by Gasteiger charge is -2.05. The number of fused-ring (bicyclic) bond motifs is 1. The molecule has 122 valence electrons. The molecule has 5 nitrogen and oxygen atoms in total. The quantitative estimate of drug-likeness (QED) is 0.839. The van der Waals surface area contributed by atoms with Crippen molar-refractivity contribution in [3.05, 3.63) is 53.1 Å². The molecule has 1 heterocycles. The predicted octanol–water partition coefficient (Wildman–Crippen LogP) is 3.15. The number of halogens is 1. The molecule has 0 unspecified atom stereocenters. The second-order valence-electron chi connectivity index (χ2n) is 5.76. The van der Waals surface area contributed by atoms with E-state index in [1.54, 1.807) is 18.2 Å². The summed E-state index contributed by atoms with van der Waals surface area (Å²) in [5, 5.41) is 9.07. The van der Waals surface area contributed by atoms with Crippen molar-refractivity contribution in [2.45, 2.75) is 16.1 Å². The van der Waals surface area contributed by atoms with E-state index in [1.807, 2.05) is 0 Å². The van der Waals surface area contributed by atoms with Crippen LogP contribution >= 0.6 is 11.6 Å². The number of nitrogens with zero attached hydrogens (tertiary/aromatic N) is 1. The van der Waals surface area contributed by atoms with Gasteiger partial charge in [-0.25, -0.2) is 8.42 Å². The van der Waals surface area contributed by atoms with Gasteiger partial charge in [0, 0.05) is 10.9 Å². The standard InChI is InChI=1S/C17H12ClNO4S/c18-11-2-4-12(5-3-11)24(20,21)17-13(8-19)16(17)10-1-6-14-15(7-10)23-9-22-14/h1-7,13,16-17H,9H2/t13-,16+,17+/m1/s1. The van der Waals surface area contributed by atoms with Gasteiger partial charge in [-0.15, -0.1) is 0 Å². The third-order valence-electron chi connectivity index (χ3n) is 4.38. The number of benzene rings is 2. The van der Waals surface area contributed by atoms with Crippen LogP contribution in [0.5, 0.6) is 11.5 Å². The number of hydrogen-bond acceptors (Lipinski definition) is 5. The van der Waals surface area contributed by atoms with E-state index in [0.29, 0.717) is 16.5 Å². The second kappa shape index (κ2) is 5.40. The molecule has 0 spiro atoms. The van der Waals surface area contributed by atoms with Crippen LogP contribution in [0.4, 0.5) is 0 Å². The topological polar surface area (TPSA) is 76.4 Å². The first-order chi connectivity index (χ1) is 11.5. The lowest BCUT2D eigenvalue weighted by molar-refractivity contribution is 0.174. The maximum absolute atomic E-state index is 12.8. The van der Waals surface area contributed by atoms with Crippen LogP contribution in [-0.2, 0) is 9.84 Å². The largest absolute Gasteiger partial charge is 0.454 e. The van der Waals surface area contributed by atoms with Gasteiger partial charge in [-0.1, -0.05) is 17.7 Å². The summed E-state index contributed by atoms with van der Waals surface area (Å²) in [6.45, 7) is 0.150. The molecule has 2 aliphatic rings. The van der Waals surface area contributed by atoms with Crippen LogP contribution in [0.25, 0.3) is 0 Å². The van der Waals surface area contributed by atoms with Crippen molar-refractivity contribution in [2.75, 3.05) is 6.79 Å². The van der Waals surface area contributed by atoms with E-state index in [2.05, 4.69) is 6.07 Å². The van der Waals surface area contributed by atoms with Crippen LogP contribution in [0, 0.1) is 17.2 Å². The van der Waals surface area contributed by atoms with Crippen LogP contribution in [0.3, 0.4) is 0 Å². The first-order valence-corrected chi connectivity index (χ1v) is 9.23. The van der Waals surface area contributed by atoms with Gasteiger partial charge in [-0.05, 0) is 42.0 Å². The van der Waals surface area contributed by atoms with Crippen LogP contribution < -0.4 is 9.47 Å². The molecular weight excluding hydrogens is 350 g/mol. The zero-order valence-electron chi connectivity index (χ0n) is 12.3. The predicted molar refractivity (Wildman–Crippen MR) is 86.8 cm³/mol. The minimum atomic E-state index is -3.61. The zero-order chi connectivity index (χ0) is 16.9. The Balaban J connectivity index is 1.69. The van der Waals surface area contributed by atoms with Gasteiger partial charge in [0.15, 0.2) is 21.3 Å². The Morgan fingerprint density at radius 3 is 2.50 bits per heavy atom. The summed E-state index contributed by atoms with van der Waals surface area (Å²) in [6, 6.07) is 13.4. The number of nitriles is 1. The molecule has 2 aromatic carbocycles. The van der Waals surface area contributed by atoms with E-state index in [0.717, 1.165) is 5.56 Å². The van der Waals surface area contributed by atoms with Gasteiger partial charge in [0.2, 0.25) is 6.79 Å². The van der Waals surface area contributed by atoms with Gasteiger partial charge in [0.1, 0.15) is 0 Å². The average Bonchev–Trinajstić information content (AvgIpc) is 3.15. The lowest BCUT2D eigenvalue weighted by Crippen LogP contribution is -2.10. The molecule has 0 saturated heterocycles. The molecule has 2 aromatic rings. The summed E-state index contributed by atoms with van der Waals surface area (Å²) in [5.41, 5.74) is 0.772. The SMILES string of the molecule is N#C[C@@H]1[C@H](c2ccc3c(c2)OCO3)[C@H]1S(=O)(=O)c1ccc(Cl)cc1. The molecule has 0 radical (unpaired) electrons. The van der Waals surface area contributed by atoms with Crippen LogP contribution in [-0.4, -0.2) is 20.5 Å². The maximum Gasteiger partial charge on any atom is 0.231 e. The third kappa shape index (κ3) is 2.32. The molecule has 0 bridgehead atoms. The summed E-state index contributed by atoms with van der Waals surface area (Å²) in [6.07, 6.45) is 0. The van der Waals surface area contributed by atoms with Gasteiger partial charge in [-0.3, -0.25) is 0 Å². The van der Waals surface area contributed by atoms with Crippen molar-refractivity contribution in [1.29, 1.82) is 5.26 Å². The molecule has 1 saturated carbocycles. The summed E-state index contributed by atoms with van der Waals surface area (Å²) < 4.78 is 36.3. The monoisotopic (exact) mass is 361 g/mol. The van der Waals surface area contributed by atoms with Gasteiger partial charge in [0.25, 0.3) is 0 Å². The minimum Gasteiger partial charge on any atom is -0.454 e. The summed E-state index contributed by atoms with van der Waals surface area (Å²) in [7, 11) is -3.61. The van der Waals surface area contributed by atoms with Gasteiger partial charge in [-0.2, -0.15) is 5.26 Å². The van der Waals surface area contributed by atoms with Gasteiger partial charge >= 0.3 is 0 Å². The van der Waals surface area contributed by atoms with Crippen molar-refractivity contribution in [3.8, 4) is 17.6 Å². The normalized spacial score (nSPS) is 24.4. The van der Waals surface area contributed by atoms with Crippen molar-refractivity contribution in [2.24, 2.45) is 5.92 Å². The number of ether oxygens (including phenoxy) is 2. The zero-order valence-corrected chi connectivity index (χ0v) is 13.9. The lowest BCUT2D eigenvalue weighted by atomic mass is 10.1. The fraction of sp³-hybridized carbons (Fsp3) is 0.235. The Kier molecular flexibility index (Phi) is 3.44. The van der Waals surface area contributed by atoms with E-state index in [1.165, 1.54) is 24.3 Å². The highest BCUT2D eigenvalue weighted by molar-refractivity contribution is 7.92. The summed E-state index contributed by atoms with van der Waals surface area (Å²) in [4.78, 5) is 0.181. The molecule has 0 amide bonds. The van der Waals surface area contributed by atoms with Gasteiger partial charge in [0.05, 0.1) is 22.1 Å². The number of rotatable bonds is 3. The van der Waals surface area contributed by atoms with Crippen molar-refractivity contribution < 1.29 is 17.9 Å². The molecule has 4 rings (SSSR count). The Bertz CT molecular complexity index is 950. The van der Waals surface area contributed by atoms with Crippen LogP contribution in [0.2, 0.25) is 5.02 Å². The van der Waals surface area contributed by atoms with Crippen molar-refractivity contribution >= 4 is 21.4 Å². The van der Waals surface area contributed by atoms with E-state index in [9.17, 15) is 13.7 Å². The number of hydrogen-bond donors (Lipinski definition) is 0. The molecule has 0 N–H and O–H groups in total. The molecule has 1 aliphatic heterocycles. The molecule has 7 heteroatoms. The van der Waals surface area contributed by atoms with E-state index in [-0.39, 0.29) is 17.6 Å². The maximum atomic E-state index is 12.8. The fourth-order valence-electron chi connectivity index (χ4n) is 3.12. The van der Waals surface area contributed by atoms with Crippen LogP contribution in [0.1, 0.15) is 11.5 Å². The smallest absolute Gasteiger partial charge is 0.231 e. The van der Waals surface area contributed by atoms with Gasteiger partial charge < -0.3 is 9.47 Å². The second-order valence-corrected chi connectivity index (χ2v) is 8.30. The molecular formula is C17H12ClNO4S. The Labute approximate surface area is 144 Å². The third-order valence-corrected chi connectivity index (χ3v) is 6.87. The van der Waals surface area contributed by atoms with Crippen molar-refractivity contribution in [1.82, 2.24) is 0 Å². The molecule has 3 atom stereocenters. The Hall–Kier alpha value is -2.23. The molecule has 24 heavy (non-hydrogen) atoms. The average molecular weight is 362 g/mol. The Morgan fingerprint density at radius 2 is 1.79 bits per heavy atom. The van der Waals surface area contributed by atoms with E-state index < -0.39 is 21.0 Å². The highest BCUT2D eigenvalue weighted by Crippen LogP contribution is 2.54. The first kappa shape index (κ1) is 15.3. The highest BCUT2D eigenvalue weighted by Gasteiger charge is 2.59. The highest BCUT2D eigenvalue weighted by atomic mass is 35.5. The molecule has 1 aliphatic carbocycles. The molecule has 1 fully saturated rings. The first-order valence-electron chi connectivity index (χ1n) is 7.31. The minimum absolute atomic E-state index is 0.150. The Morgan fingerprint density at radius 1 is 1.08 bits per heavy atom. The van der Waals surface area contributed by atoms with Crippen molar-refractivity contribution in [3.63, 3.8) is 0 Å².